The maximum absolute atomic E-state index is 12.9. The standard InChI is InChI=1S/C36H42O10/c1-23(2)33(37)43-17-9-11-27-13-15-29(31(19-27)45-35(39)25(5)21-41-7)30-16-14-28(12-10-18-44-34(38)24(3)4)20-32(30)46-36(40)26(6)22-42-8/h13-16,19-20H,1,3,5-6,9-12,17-18,21-22H2,2,4,7-8H3. The largest absolute Gasteiger partial charge is 0.462 e. The SMILES string of the molecule is C=C(C)C(=O)OCCCc1ccc(-c2ccc(CCCOC(=O)C(=C)C)cc2OC(=O)C(=C)COC)c(OC(=O)C(=C)COC)c1. The van der Waals surface area contributed by atoms with Gasteiger partial charge in [-0.3, -0.25) is 0 Å². The number of hydrogen-bond donors (Lipinski definition) is 0. The summed E-state index contributed by atoms with van der Waals surface area (Å²) in [5, 5.41) is 0. The maximum Gasteiger partial charge on any atom is 0.341 e. The lowest BCUT2D eigenvalue weighted by Crippen LogP contribution is -2.16. The molecular formula is C36H42O10. The summed E-state index contributed by atoms with van der Waals surface area (Å²) in [5.41, 5.74) is 3.40. The molecule has 2 rings (SSSR count). The number of esters is 4. The Bertz CT molecular complexity index is 1370. The highest BCUT2D eigenvalue weighted by molar-refractivity contribution is 5.93. The molecule has 0 saturated heterocycles. The minimum Gasteiger partial charge on any atom is -0.462 e. The monoisotopic (exact) mass is 634 g/mol. The van der Waals surface area contributed by atoms with Gasteiger partial charge in [0.2, 0.25) is 0 Å². The third kappa shape index (κ3) is 11.9. The molecule has 0 fully saturated rings. The zero-order valence-electron chi connectivity index (χ0n) is 27.0. The van der Waals surface area contributed by atoms with Crippen LogP contribution in [0.3, 0.4) is 0 Å². The highest BCUT2D eigenvalue weighted by Crippen LogP contribution is 2.39. The second-order valence-corrected chi connectivity index (χ2v) is 10.6. The van der Waals surface area contributed by atoms with E-state index in [9.17, 15) is 19.2 Å². The van der Waals surface area contributed by atoms with Crippen molar-refractivity contribution in [2.75, 3.05) is 40.6 Å². The van der Waals surface area contributed by atoms with Crippen LogP contribution in [0.2, 0.25) is 0 Å². The van der Waals surface area contributed by atoms with Gasteiger partial charge in [-0.2, -0.15) is 0 Å². The lowest BCUT2D eigenvalue weighted by atomic mass is 9.97. The van der Waals surface area contributed by atoms with Gasteiger partial charge >= 0.3 is 23.9 Å². The number of carbonyl (C=O) groups excluding carboxylic acids is 4. The van der Waals surface area contributed by atoms with Crippen LogP contribution in [-0.4, -0.2) is 64.5 Å². The Morgan fingerprint density at radius 3 is 1.28 bits per heavy atom. The Labute approximate surface area is 270 Å². The predicted octanol–water partition coefficient (Wildman–Crippen LogP) is 5.67. The summed E-state index contributed by atoms with van der Waals surface area (Å²) in [5.74, 6) is -1.91. The quantitative estimate of drug-likeness (QED) is 0.0826. The number of rotatable bonds is 19. The number of ether oxygens (including phenoxy) is 6. The molecule has 10 nitrogen and oxygen atoms in total. The van der Waals surface area contributed by atoms with Crippen LogP contribution in [0.25, 0.3) is 11.1 Å². The van der Waals surface area contributed by atoms with E-state index in [1.165, 1.54) is 14.2 Å². The van der Waals surface area contributed by atoms with Crippen molar-refractivity contribution >= 4 is 23.9 Å². The zero-order chi connectivity index (χ0) is 34.2. The summed E-state index contributed by atoms with van der Waals surface area (Å²) in [6.07, 6.45) is 2.06. The summed E-state index contributed by atoms with van der Waals surface area (Å²) in [4.78, 5) is 49.2. The Kier molecular flexibility index (Phi) is 15.3. The van der Waals surface area contributed by atoms with E-state index >= 15 is 0 Å². The van der Waals surface area contributed by atoms with Gasteiger partial charge in [-0.15, -0.1) is 0 Å². The number of aryl methyl sites for hydroxylation is 2. The van der Waals surface area contributed by atoms with Crippen molar-refractivity contribution < 1.29 is 47.6 Å². The Hall–Kier alpha value is -4.80. The minimum absolute atomic E-state index is 0.0250. The zero-order valence-corrected chi connectivity index (χ0v) is 27.0. The molecule has 0 atom stereocenters. The van der Waals surface area contributed by atoms with Crippen LogP contribution >= 0.6 is 0 Å². The van der Waals surface area contributed by atoms with Gasteiger partial charge in [0.05, 0.1) is 37.6 Å². The Morgan fingerprint density at radius 1 is 0.587 bits per heavy atom. The van der Waals surface area contributed by atoms with E-state index in [0.717, 1.165) is 11.1 Å². The van der Waals surface area contributed by atoms with Crippen molar-refractivity contribution in [2.45, 2.75) is 39.5 Å². The van der Waals surface area contributed by atoms with Gasteiger partial charge in [0.25, 0.3) is 0 Å². The van der Waals surface area contributed by atoms with E-state index in [1.807, 2.05) is 12.1 Å². The van der Waals surface area contributed by atoms with Crippen molar-refractivity contribution in [3.05, 3.63) is 96.1 Å². The summed E-state index contributed by atoms with van der Waals surface area (Å²) < 4.78 is 32.0. The average molecular weight is 635 g/mol. The molecule has 0 spiro atoms. The van der Waals surface area contributed by atoms with Crippen molar-refractivity contribution in [3.8, 4) is 22.6 Å². The smallest absolute Gasteiger partial charge is 0.341 e. The van der Waals surface area contributed by atoms with Crippen molar-refractivity contribution in [2.24, 2.45) is 0 Å². The molecule has 0 aromatic heterocycles. The second-order valence-electron chi connectivity index (χ2n) is 10.6. The van der Waals surface area contributed by atoms with Crippen molar-refractivity contribution in [1.29, 1.82) is 0 Å². The number of carbonyl (C=O) groups is 4. The minimum atomic E-state index is -0.691. The lowest BCUT2D eigenvalue weighted by Gasteiger charge is -2.17. The topological polar surface area (TPSA) is 124 Å². The van der Waals surface area contributed by atoms with E-state index in [-0.39, 0.29) is 49.1 Å². The molecule has 0 radical (unpaired) electrons. The fourth-order valence-electron chi connectivity index (χ4n) is 4.00. The molecule has 0 amide bonds. The molecule has 0 N–H and O–H groups in total. The van der Waals surface area contributed by atoms with E-state index in [1.54, 1.807) is 38.1 Å². The van der Waals surface area contributed by atoms with Gasteiger partial charge in [0, 0.05) is 36.5 Å². The molecule has 2 aromatic carbocycles. The number of benzene rings is 2. The van der Waals surface area contributed by atoms with Crippen LogP contribution in [0.5, 0.6) is 11.5 Å². The number of methoxy groups -OCH3 is 2. The van der Waals surface area contributed by atoms with Crippen LogP contribution < -0.4 is 9.47 Å². The summed E-state index contributed by atoms with van der Waals surface area (Å²) >= 11 is 0. The fraction of sp³-hybridized carbons (Fsp3) is 0.333. The molecule has 246 valence electrons. The molecule has 0 unspecified atom stereocenters. The Balaban J connectivity index is 2.47. The maximum atomic E-state index is 12.9. The molecule has 0 saturated carbocycles. The first-order chi connectivity index (χ1) is 21.9. The van der Waals surface area contributed by atoms with Crippen LogP contribution in [0.4, 0.5) is 0 Å². The van der Waals surface area contributed by atoms with Crippen molar-refractivity contribution in [3.63, 3.8) is 0 Å². The summed E-state index contributed by atoms with van der Waals surface area (Å²) in [6, 6.07) is 10.6. The molecule has 0 aliphatic heterocycles. The first kappa shape index (κ1) is 37.4. The van der Waals surface area contributed by atoms with Gasteiger partial charge in [0.15, 0.2) is 0 Å². The predicted molar refractivity (Wildman–Crippen MR) is 173 cm³/mol. The van der Waals surface area contributed by atoms with Crippen LogP contribution in [0, 0.1) is 0 Å². The molecule has 46 heavy (non-hydrogen) atoms. The Morgan fingerprint density at radius 2 is 0.957 bits per heavy atom. The van der Waals surface area contributed by atoms with Gasteiger partial charge in [-0.05, 0) is 62.8 Å². The van der Waals surface area contributed by atoms with E-state index in [2.05, 4.69) is 26.3 Å². The lowest BCUT2D eigenvalue weighted by molar-refractivity contribution is -0.139. The first-order valence-corrected chi connectivity index (χ1v) is 14.6. The van der Waals surface area contributed by atoms with Crippen LogP contribution in [0.1, 0.15) is 37.8 Å². The molecule has 0 aliphatic rings. The summed E-state index contributed by atoms with van der Waals surface area (Å²) in [7, 11) is 2.88. The molecule has 0 heterocycles. The molecule has 0 bridgehead atoms. The molecule has 10 heteroatoms. The third-order valence-corrected chi connectivity index (χ3v) is 6.38. The fourth-order valence-corrected chi connectivity index (χ4v) is 4.00. The van der Waals surface area contributed by atoms with Gasteiger partial charge in [-0.1, -0.05) is 50.6 Å². The van der Waals surface area contributed by atoms with E-state index in [0.29, 0.717) is 48.0 Å². The molecular weight excluding hydrogens is 592 g/mol. The molecule has 0 aliphatic carbocycles. The van der Waals surface area contributed by atoms with Crippen molar-refractivity contribution in [1.82, 2.24) is 0 Å². The van der Waals surface area contributed by atoms with Crippen LogP contribution in [0.15, 0.2) is 85.0 Å². The van der Waals surface area contributed by atoms with Gasteiger partial charge < -0.3 is 28.4 Å². The van der Waals surface area contributed by atoms with Gasteiger partial charge in [-0.25, -0.2) is 19.2 Å². The second kappa shape index (κ2) is 18.9. The van der Waals surface area contributed by atoms with E-state index < -0.39 is 23.9 Å². The van der Waals surface area contributed by atoms with Gasteiger partial charge in [0.1, 0.15) is 11.5 Å². The third-order valence-electron chi connectivity index (χ3n) is 6.38. The van der Waals surface area contributed by atoms with Crippen LogP contribution in [-0.2, 0) is 51.0 Å². The molecule has 2 aromatic rings. The first-order valence-electron chi connectivity index (χ1n) is 14.6. The summed E-state index contributed by atoms with van der Waals surface area (Å²) in [6.45, 7) is 18.1. The highest BCUT2D eigenvalue weighted by Gasteiger charge is 2.20. The normalized spacial score (nSPS) is 10.4. The number of hydrogen-bond acceptors (Lipinski definition) is 10. The highest BCUT2D eigenvalue weighted by atomic mass is 16.6. The average Bonchev–Trinajstić information content (AvgIpc) is 3.01. The van der Waals surface area contributed by atoms with E-state index in [4.69, 9.17) is 28.4 Å².